The summed E-state index contributed by atoms with van der Waals surface area (Å²) in [6.45, 7) is 3.63. The second-order valence-corrected chi connectivity index (χ2v) is 4.33. The molecule has 1 aromatic rings. The minimum Gasteiger partial charge on any atom is -0.387 e. The third-order valence-corrected chi connectivity index (χ3v) is 2.42. The van der Waals surface area contributed by atoms with Crippen molar-refractivity contribution in [2.45, 2.75) is 25.5 Å². The van der Waals surface area contributed by atoms with Crippen LogP contribution in [0.5, 0.6) is 0 Å². The zero-order chi connectivity index (χ0) is 13.1. The van der Waals surface area contributed by atoms with Gasteiger partial charge in [0.15, 0.2) is 0 Å². The molecule has 17 heavy (non-hydrogen) atoms. The highest BCUT2D eigenvalue weighted by atomic mass is 19.1. The maximum atomic E-state index is 13.3. The van der Waals surface area contributed by atoms with Crippen LogP contribution in [0.2, 0.25) is 0 Å². The highest BCUT2D eigenvalue weighted by Crippen LogP contribution is 2.18. The van der Waals surface area contributed by atoms with Crippen LogP contribution in [-0.4, -0.2) is 17.2 Å². The molecule has 0 aliphatic heterocycles. The van der Waals surface area contributed by atoms with Gasteiger partial charge in [-0.15, -0.1) is 6.42 Å². The van der Waals surface area contributed by atoms with Crippen molar-refractivity contribution < 1.29 is 13.9 Å². The Morgan fingerprint density at radius 1 is 1.47 bits per heavy atom. The summed E-state index contributed by atoms with van der Waals surface area (Å²) in [6, 6.07) is 3.07. The fourth-order valence-electron chi connectivity index (χ4n) is 1.28. The number of aliphatic hydroxyl groups excluding tert-OH is 1. The highest BCUT2D eigenvalue weighted by Gasteiger charge is 2.18. The van der Waals surface area contributed by atoms with E-state index in [1.54, 1.807) is 13.8 Å². The minimum absolute atomic E-state index is 0.0479. The topological polar surface area (TPSA) is 32.3 Å². The van der Waals surface area contributed by atoms with Gasteiger partial charge in [0.05, 0.1) is 11.6 Å². The van der Waals surface area contributed by atoms with Gasteiger partial charge in [0, 0.05) is 18.2 Å². The summed E-state index contributed by atoms with van der Waals surface area (Å²) in [7, 11) is 0. The molecule has 2 nitrogen and oxygen atoms in total. The van der Waals surface area contributed by atoms with E-state index in [2.05, 4.69) is 11.2 Å². The van der Waals surface area contributed by atoms with Crippen molar-refractivity contribution in [2.24, 2.45) is 0 Å². The number of rotatable bonds is 4. The van der Waals surface area contributed by atoms with Gasteiger partial charge in [0.25, 0.3) is 0 Å². The maximum Gasteiger partial charge on any atom is 0.131 e. The second-order valence-electron chi connectivity index (χ2n) is 4.33. The van der Waals surface area contributed by atoms with Gasteiger partial charge in [0.2, 0.25) is 0 Å². The van der Waals surface area contributed by atoms with Gasteiger partial charge in [0.1, 0.15) is 11.6 Å². The molecule has 1 aromatic carbocycles. The molecule has 2 N–H and O–H groups in total. The number of hydrogen-bond donors (Lipinski definition) is 2. The average molecular weight is 239 g/mol. The van der Waals surface area contributed by atoms with Crippen molar-refractivity contribution in [3.63, 3.8) is 0 Å². The molecule has 0 saturated carbocycles. The highest BCUT2D eigenvalue weighted by molar-refractivity contribution is 5.21. The van der Waals surface area contributed by atoms with Crippen LogP contribution in [0.1, 0.15) is 25.5 Å². The van der Waals surface area contributed by atoms with E-state index in [0.29, 0.717) is 0 Å². The van der Waals surface area contributed by atoms with Gasteiger partial charge >= 0.3 is 0 Å². The van der Waals surface area contributed by atoms with E-state index in [9.17, 15) is 13.9 Å². The molecular formula is C13H15F2NO. The third kappa shape index (κ3) is 3.81. The predicted octanol–water partition coefficient (Wildman–Crippen LogP) is 2.00. The molecule has 0 fully saturated rings. The van der Waals surface area contributed by atoms with Crippen molar-refractivity contribution >= 4 is 0 Å². The average Bonchev–Trinajstić information content (AvgIpc) is 2.26. The molecule has 4 heteroatoms. The zero-order valence-corrected chi connectivity index (χ0v) is 9.80. The quantitative estimate of drug-likeness (QED) is 0.788. The molecule has 1 unspecified atom stereocenters. The molecule has 0 bridgehead atoms. The second kappa shape index (κ2) is 5.26. The zero-order valence-electron chi connectivity index (χ0n) is 9.80. The lowest BCUT2D eigenvalue weighted by Gasteiger charge is -2.22. The van der Waals surface area contributed by atoms with E-state index in [1.807, 2.05) is 0 Å². The number of β-amino-alcohol motifs (C(OH)–C–C–N with tert-alkyl or cyclic N) is 1. The molecule has 92 valence electrons. The summed E-state index contributed by atoms with van der Waals surface area (Å²) < 4.78 is 26.0. The number of hydrogen-bond acceptors (Lipinski definition) is 2. The maximum absolute atomic E-state index is 13.3. The van der Waals surface area contributed by atoms with E-state index in [0.717, 1.165) is 12.1 Å². The lowest BCUT2D eigenvalue weighted by molar-refractivity contribution is 0.162. The van der Waals surface area contributed by atoms with Gasteiger partial charge in [-0.3, -0.25) is 5.32 Å². The molecule has 1 rings (SSSR count). The first-order chi connectivity index (χ1) is 7.85. The van der Waals surface area contributed by atoms with Crippen LogP contribution >= 0.6 is 0 Å². The smallest absolute Gasteiger partial charge is 0.131 e. The molecule has 0 heterocycles. The molecule has 0 radical (unpaired) electrons. The first-order valence-electron chi connectivity index (χ1n) is 5.21. The van der Waals surface area contributed by atoms with E-state index in [4.69, 9.17) is 6.42 Å². The summed E-state index contributed by atoms with van der Waals surface area (Å²) in [6.07, 6.45) is 4.20. The van der Waals surface area contributed by atoms with E-state index < -0.39 is 23.3 Å². The standard InChI is InChI=1S/C13H15F2NO/c1-4-13(2,3)16-8-12(17)10-6-5-9(14)7-11(10)15/h1,5-7,12,16-17H,8H2,2-3H3. The molecule has 0 aliphatic carbocycles. The number of aliphatic hydroxyl groups is 1. The Morgan fingerprint density at radius 2 is 2.12 bits per heavy atom. The van der Waals surface area contributed by atoms with E-state index >= 15 is 0 Å². The number of terminal acetylenes is 1. The minimum atomic E-state index is -1.07. The van der Waals surface area contributed by atoms with Gasteiger partial charge in [-0.2, -0.15) is 0 Å². The molecule has 0 spiro atoms. The number of nitrogens with one attached hydrogen (secondary N) is 1. The van der Waals surface area contributed by atoms with Crippen molar-refractivity contribution in [3.8, 4) is 12.3 Å². The van der Waals surface area contributed by atoms with Crippen LogP contribution in [-0.2, 0) is 0 Å². The van der Waals surface area contributed by atoms with Crippen LogP contribution in [0.4, 0.5) is 8.78 Å². The Morgan fingerprint density at radius 3 is 2.65 bits per heavy atom. The Bertz CT molecular complexity index is 438. The molecule has 0 saturated heterocycles. The SMILES string of the molecule is C#CC(C)(C)NCC(O)c1ccc(F)cc1F. The molecule has 1 atom stereocenters. The summed E-state index contributed by atoms with van der Waals surface area (Å²) in [5.74, 6) is 1.06. The van der Waals surface area contributed by atoms with Crippen molar-refractivity contribution in [3.05, 3.63) is 35.4 Å². The Kier molecular flexibility index (Phi) is 4.22. The van der Waals surface area contributed by atoms with Crippen molar-refractivity contribution in [1.29, 1.82) is 0 Å². The molecule has 0 aromatic heterocycles. The largest absolute Gasteiger partial charge is 0.387 e. The van der Waals surface area contributed by atoms with Crippen LogP contribution in [0.3, 0.4) is 0 Å². The van der Waals surface area contributed by atoms with E-state index in [1.165, 1.54) is 6.07 Å². The van der Waals surface area contributed by atoms with Crippen molar-refractivity contribution in [2.75, 3.05) is 6.54 Å². The Hall–Kier alpha value is -1.44. The summed E-state index contributed by atoms with van der Waals surface area (Å²) in [5.41, 5.74) is -0.538. The normalized spacial score (nSPS) is 13.2. The Balaban J connectivity index is 2.71. The number of halogens is 2. The van der Waals surface area contributed by atoms with Gasteiger partial charge in [-0.25, -0.2) is 8.78 Å². The first kappa shape index (κ1) is 13.6. The monoisotopic (exact) mass is 239 g/mol. The molecule has 0 aliphatic rings. The van der Waals surface area contributed by atoms with Crippen LogP contribution in [0.25, 0.3) is 0 Å². The lowest BCUT2D eigenvalue weighted by Crippen LogP contribution is -2.40. The number of benzene rings is 1. The van der Waals surface area contributed by atoms with Crippen LogP contribution in [0.15, 0.2) is 18.2 Å². The lowest BCUT2D eigenvalue weighted by atomic mass is 10.0. The Labute approximate surface area is 99.7 Å². The predicted molar refractivity (Wildman–Crippen MR) is 62.2 cm³/mol. The molecule has 0 amide bonds. The van der Waals surface area contributed by atoms with Crippen LogP contribution in [0, 0.1) is 24.0 Å². The van der Waals surface area contributed by atoms with Crippen LogP contribution < -0.4 is 5.32 Å². The summed E-state index contributed by atoms with van der Waals surface area (Å²) in [4.78, 5) is 0. The fourth-order valence-corrected chi connectivity index (χ4v) is 1.28. The van der Waals surface area contributed by atoms with Gasteiger partial charge in [-0.1, -0.05) is 12.0 Å². The fraction of sp³-hybridized carbons (Fsp3) is 0.385. The molecular weight excluding hydrogens is 224 g/mol. The first-order valence-corrected chi connectivity index (χ1v) is 5.21. The summed E-state index contributed by atoms with van der Waals surface area (Å²) >= 11 is 0. The van der Waals surface area contributed by atoms with Gasteiger partial charge in [-0.05, 0) is 19.9 Å². The van der Waals surface area contributed by atoms with E-state index in [-0.39, 0.29) is 12.1 Å². The van der Waals surface area contributed by atoms with Crippen molar-refractivity contribution in [1.82, 2.24) is 5.32 Å². The van der Waals surface area contributed by atoms with Gasteiger partial charge < -0.3 is 5.11 Å². The third-order valence-electron chi connectivity index (χ3n) is 2.42. The summed E-state index contributed by atoms with van der Waals surface area (Å²) in [5, 5.41) is 12.7.